The van der Waals surface area contributed by atoms with Gasteiger partial charge in [0.15, 0.2) is 5.58 Å². The van der Waals surface area contributed by atoms with Crippen LogP contribution in [-0.4, -0.2) is 37.3 Å². The number of carbonyl (C=O) groups excluding carboxylic acids is 1. The third-order valence-corrected chi connectivity index (χ3v) is 5.66. The summed E-state index contributed by atoms with van der Waals surface area (Å²) >= 11 is 0. The van der Waals surface area contributed by atoms with Gasteiger partial charge in [-0.3, -0.25) is 9.36 Å². The van der Waals surface area contributed by atoms with E-state index in [-0.39, 0.29) is 22.5 Å². The molecule has 1 amide bonds. The van der Waals surface area contributed by atoms with Gasteiger partial charge in [-0.05, 0) is 36.4 Å². The molecule has 0 saturated heterocycles. The molecular formula is C17H16FN3O5S. The molecule has 2 aromatic carbocycles. The maximum Gasteiger partial charge on any atom is 0.420 e. The number of anilines is 1. The second kappa shape index (κ2) is 6.97. The summed E-state index contributed by atoms with van der Waals surface area (Å²) in [6, 6.07) is 9.15. The Bertz CT molecular complexity index is 1160. The minimum Gasteiger partial charge on any atom is -0.408 e. The van der Waals surface area contributed by atoms with E-state index in [9.17, 15) is 22.4 Å². The zero-order chi connectivity index (χ0) is 19.8. The summed E-state index contributed by atoms with van der Waals surface area (Å²) in [6.45, 7) is -0.344. The van der Waals surface area contributed by atoms with Crippen LogP contribution in [0.5, 0.6) is 0 Å². The molecule has 1 heterocycles. The van der Waals surface area contributed by atoms with Crippen LogP contribution in [0.2, 0.25) is 0 Å². The van der Waals surface area contributed by atoms with Gasteiger partial charge in [-0.25, -0.2) is 21.9 Å². The molecule has 0 spiro atoms. The number of rotatable bonds is 5. The fourth-order valence-corrected chi connectivity index (χ4v) is 3.36. The second-order valence-corrected chi connectivity index (χ2v) is 8.08. The highest BCUT2D eigenvalue weighted by atomic mass is 32.2. The molecule has 3 aromatic rings. The summed E-state index contributed by atoms with van der Waals surface area (Å²) < 4.78 is 44.5. The van der Waals surface area contributed by atoms with Gasteiger partial charge in [0.25, 0.3) is 0 Å². The molecule has 27 heavy (non-hydrogen) atoms. The normalized spacial score (nSPS) is 11.9. The molecule has 1 N–H and O–H groups in total. The van der Waals surface area contributed by atoms with Gasteiger partial charge >= 0.3 is 5.76 Å². The Kier molecular flexibility index (Phi) is 4.85. The number of aromatic nitrogens is 1. The summed E-state index contributed by atoms with van der Waals surface area (Å²) in [6.07, 6.45) is 0. The van der Waals surface area contributed by atoms with Crippen molar-refractivity contribution in [2.45, 2.75) is 11.4 Å². The third kappa shape index (κ3) is 3.76. The maximum absolute atomic E-state index is 12.9. The molecule has 0 radical (unpaired) electrons. The van der Waals surface area contributed by atoms with E-state index in [0.717, 1.165) is 8.87 Å². The molecule has 0 bridgehead atoms. The van der Waals surface area contributed by atoms with E-state index >= 15 is 0 Å². The van der Waals surface area contributed by atoms with Crippen molar-refractivity contribution in [3.8, 4) is 0 Å². The first kappa shape index (κ1) is 18.8. The van der Waals surface area contributed by atoms with Crippen molar-refractivity contribution in [3.63, 3.8) is 0 Å². The van der Waals surface area contributed by atoms with Crippen LogP contribution in [0.4, 0.5) is 10.1 Å². The van der Waals surface area contributed by atoms with Gasteiger partial charge < -0.3 is 9.73 Å². The number of hydrogen-bond acceptors (Lipinski definition) is 5. The van der Waals surface area contributed by atoms with Crippen molar-refractivity contribution in [2.24, 2.45) is 0 Å². The number of sulfonamides is 1. The zero-order valence-corrected chi connectivity index (χ0v) is 15.3. The first-order valence-electron chi connectivity index (χ1n) is 7.80. The van der Waals surface area contributed by atoms with E-state index in [0.29, 0.717) is 5.69 Å². The van der Waals surface area contributed by atoms with Gasteiger partial charge in [-0.2, -0.15) is 0 Å². The van der Waals surface area contributed by atoms with Crippen LogP contribution in [0.15, 0.2) is 56.6 Å². The fourth-order valence-electron chi connectivity index (χ4n) is 2.45. The van der Waals surface area contributed by atoms with Crippen molar-refractivity contribution < 1.29 is 22.0 Å². The van der Waals surface area contributed by atoms with E-state index in [1.54, 1.807) is 0 Å². The van der Waals surface area contributed by atoms with Crippen molar-refractivity contribution in [1.29, 1.82) is 0 Å². The maximum atomic E-state index is 12.9. The van der Waals surface area contributed by atoms with Crippen LogP contribution in [0.25, 0.3) is 11.1 Å². The molecule has 3 rings (SSSR count). The van der Waals surface area contributed by atoms with Gasteiger partial charge in [0, 0.05) is 25.8 Å². The van der Waals surface area contributed by atoms with Crippen LogP contribution in [0.3, 0.4) is 0 Å². The highest BCUT2D eigenvalue weighted by Crippen LogP contribution is 2.20. The molecular weight excluding hydrogens is 377 g/mol. The third-order valence-electron chi connectivity index (χ3n) is 3.85. The fraction of sp³-hybridized carbons (Fsp3) is 0.176. The quantitative estimate of drug-likeness (QED) is 0.710. The standard InChI is InChI=1S/C17H16FN3O5S/c1-20(2)27(24,25)13-7-8-14-15(9-13)26-17(23)21(14)10-16(22)19-12-5-3-11(18)4-6-12/h3-9H,10H2,1-2H3,(H,19,22). The van der Waals surface area contributed by atoms with E-state index in [1.165, 1.54) is 56.6 Å². The van der Waals surface area contributed by atoms with Gasteiger partial charge in [-0.15, -0.1) is 0 Å². The Hall–Kier alpha value is -2.98. The molecule has 0 aliphatic heterocycles. The molecule has 8 nitrogen and oxygen atoms in total. The lowest BCUT2D eigenvalue weighted by Gasteiger charge is -2.11. The predicted octanol–water partition coefficient (Wildman–Crippen LogP) is 1.62. The summed E-state index contributed by atoms with van der Waals surface area (Å²) in [5, 5.41) is 2.54. The minimum atomic E-state index is -3.69. The van der Waals surface area contributed by atoms with Gasteiger partial charge in [0.1, 0.15) is 12.4 Å². The van der Waals surface area contributed by atoms with Crippen molar-refractivity contribution in [1.82, 2.24) is 8.87 Å². The van der Waals surface area contributed by atoms with Gasteiger partial charge in [0.2, 0.25) is 15.9 Å². The predicted molar refractivity (Wildman–Crippen MR) is 96.4 cm³/mol. The van der Waals surface area contributed by atoms with E-state index in [1.807, 2.05) is 0 Å². The molecule has 0 aliphatic rings. The lowest BCUT2D eigenvalue weighted by atomic mass is 10.3. The molecule has 142 valence electrons. The number of oxazole rings is 1. The Labute approximate surface area is 153 Å². The number of nitrogens with one attached hydrogen (secondary N) is 1. The molecule has 0 saturated carbocycles. The molecule has 0 aliphatic carbocycles. The summed E-state index contributed by atoms with van der Waals surface area (Å²) in [7, 11) is -0.908. The van der Waals surface area contributed by atoms with Crippen LogP contribution < -0.4 is 11.1 Å². The Morgan fingerprint density at radius 3 is 2.48 bits per heavy atom. The largest absolute Gasteiger partial charge is 0.420 e. The summed E-state index contributed by atoms with van der Waals surface area (Å²) in [5.74, 6) is -1.75. The van der Waals surface area contributed by atoms with E-state index < -0.39 is 27.5 Å². The average Bonchev–Trinajstić information content (AvgIpc) is 2.91. The second-order valence-electron chi connectivity index (χ2n) is 5.93. The number of amides is 1. The van der Waals surface area contributed by atoms with Crippen LogP contribution in [0, 0.1) is 5.82 Å². The highest BCUT2D eigenvalue weighted by Gasteiger charge is 2.20. The van der Waals surface area contributed by atoms with Crippen molar-refractivity contribution >= 4 is 32.7 Å². The molecule has 0 atom stereocenters. The number of hydrogen-bond donors (Lipinski definition) is 1. The van der Waals surface area contributed by atoms with Crippen LogP contribution in [0.1, 0.15) is 0 Å². The van der Waals surface area contributed by atoms with E-state index in [4.69, 9.17) is 4.42 Å². The Morgan fingerprint density at radius 2 is 1.85 bits per heavy atom. The van der Waals surface area contributed by atoms with Crippen LogP contribution >= 0.6 is 0 Å². The molecule has 0 fully saturated rings. The SMILES string of the molecule is CN(C)S(=O)(=O)c1ccc2c(c1)oc(=O)n2CC(=O)Nc1ccc(F)cc1. The summed E-state index contributed by atoms with van der Waals surface area (Å²) in [4.78, 5) is 24.2. The first-order valence-corrected chi connectivity index (χ1v) is 9.24. The lowest BCUT2D eigenvalue weighted by Crippen LogP contribution is -2.24. The smallest absolute Gasteiger partial charge is 0.408 e. The lowest BCUT2D eigenvalue weighted by molar-refractivity contribution is -0.116. The average molecular weight is 393 g/mol. The first-order chi connectivity index (χ1) is 12.7. The van der Waals surface area contributed by atoms with Crippen molar-refractivity contribution in [2.75, 3.05) is 19.4 Å². The van der Waals surface area contributed by atoms with Crippen molar-refractivity contribution in [3.05, 3.63) is 58.8 Å². The topological polar surface area (TPSA) is 102 Å². The number of halogens is 1. The number of nitrogens with zero attached hydrogens (tertiary/aromatic N) is 2. The number of carbonyl (C=O) groups is 1. The molecule has 10 heteroatoms. The van der Waals surface area contributed by atoms with Gasteiger partial charge in [0.05, 0.1) is 10.4 Å². The van der Waals surface area contributed by atoms with Gasteiger partial charge in [-0.1, -0.05) is 0 Å². The zero-order valence-electron chi connectivity index (χ0n) is 14.5. The number of fused-ring (bicyclic) bond motifs is 1. The monoisotopic (exact) mass is 393 g/mol. The highest BCUT2D eigenvalue weighted by molar-refractivity contribution is 7.89. The van der Waals surface area contributed by atoms with E-state index in [2.05, 4.69) is 5.32 Å². The molecule has 0 unspecified atom stereocenters. The minimum absolute atomic E-state index is 0.0309. The number of benzene rings is 2. The Morgan fingerprint density at radius 1 is 1.19 bits per heavy atom. The Balaban J connectivity index is 1.89. The molecule has 1 aromatic heterocycles. The summed E-state index contributed by atoms with van der Waals surface area (Å²) in [5.41, 5.74) is 0.714. The van der Waals surface area contributed by atoms with Crippen LogP contribution in [-0.2, 0) is 21.4 Å².